The summed E-state index contributed by atoms with van der Waals surface area (Å²) in [7, 11) is 0. The van der Waals surface area contributed by atoms with Gasteiger partial charge < -0.3 is 5.32 Å². The number of nitrogens with one attached hydrogen (secondary N) is 1. The lowest BCUT2D eigenvalue weighted by molar-refractivity contribution is 0.103. The number of thiophene rings is 1. The lowest BCUT2D eigenvalue weighted by atomic mass is 10.1. The van der Waals surface area contributed by atoms with E-state index in [0.717, 1.165) is 24.8 Å². The molecule has 6 heteroatoms. The second-order valence-corrected chi connectivity index (χ2v) is 7.93. The Kier molecular flexibility index (Phi) is 5.22. The maximum Gasteiger partial charge on any atom is 0.265 e. The first-order chi connectivity index (χ1) is 9.01. The second kappa shape index (κ2) is 6.52. The molecule has 0 bridgehead atoms. The van der Waals surface area contributed by atoms with Crippen LogP contribution >= 0.6 is 59.1 Å². The number of amides is 1. The van der Waals surface area contributed by atoms with Crippen molar-refractivity contribution in [3.8, 4) is 0 Å². The van der Waals surface area contributed by atoms with E-state index in [2.05, 4.69) is 60.0 Å². The fraction of sp³-hybridized carbons (Fsp3) is 0.154. The standard InChI is InChI=1S/C13H10Br3NOS/c1-2-7-3-4-10(8(14)5-7)17-13(18)11-6-9(15)12(16)19-11/h3-6H,2H2,1H3,(H,17,18). The number of benzene rings is 1. The molecule has 0 unspecified atom stereocenters. The van der Waals surface area contributed by atoms with E-state index in [1.54, 1.807) is 6.07 Å². The molecule has 1 amide bonds. The van der Waals surface area contributed by atoms with Gasteiger partial charge in [-0.15, -0.1) is 11.3 Å². The Morgan fingerprint density at radius 1 is 1.21 bits per heavy atom. The molecule has 0 fully saturated rings. The zero-order chi connectivity index (χ0) is 14.0. The third-order valence-corrected chi connectivity index (χ3v) is 6.47. The minimum Gasteiger partial charge on any atom is -0.320 e. The highest BCUT2D eigenvalue weighted by Crippen LogP contribution is 2.33. The molecule has 100 valence electrons. The van der Waals surface area contributed by atoms with Gasteiger partial charge in [-0.2, -0.15) is 0 Å². The van der Waals surface area contributed by atoms with Crippen LogP contribution in [-0.2, 0) is 6.42 Å². The quantitative estimate of drug-likeness (QED) is 0.602. The predicted molar refractivity (Wildman–Crippen MR) is 91.2 cm³/mol. The second-order valence-electron chi connectivity index (χ2n) is 3.85. The molecule has 1 N–H and O–H groups in total. The Labute approximate surface area is 141 Å². The fourth-order valence-electron chi connectivity index (χ4n) is 1.52. The molecule has 0 aliphatic heterocycles. The van der Waals surface area contributed by atoms with Gasteiger partial charge in [0.1, 0.15) is 0 Å². The highest BCUT2D eigenvalue weighted by molar-refractivity contribution is 9.13. The molecule has 0 saturated carbocycles. The zero-order valence-electron chi connectivity index (χ0n) is 9.97. The van der Waals surface area contributed by atoms with Crippen LogP contribution in [0.15, 0.2) is 37.0 Å². The molecular formula is C13H10Br3NOS. The number of anilines is 1. The van der Waals surface area contributed by atoms with E-state index in [9.17, 15) is 4.79 Å². The van der Waals surface area contributed by atoms with Gasteiger partial charge in [0.15, 0.2) is 0 Å². The van der Waals surface area contributed by atoms with Crippen molar-refractivity contribution in [1.29, 1.82) is 0 Å². The van der Waals surface area contributed by atoms with Gasteiger partial charge in [0.05, 0.1) is 14.4 Å². The van der Waals surface area contributed by atoms with E-state index < -0.39 is 0 Å². The topological polar surface area (TPSA) is 29.1 Å². The maximum absolute atomic E-state index is 12.1. The molecule has 1 aromatic heterocycles. The van der Waals surface area contributed by atoms with Gasteiger partial charge in [-0.25, -0.2) is 0 Å². The van der Waals surface area contributed by atoms with Gasteiger partial charge in [-0.1, -0.05) is 13.0 Å². The van der Waals surface area contributed by atoms with Crippen LogP contribution < -0.4 is 5.32 Å². The highest BCUT2D eigenvalue weighted by Gasteiger charge is 2.13. The zero-order valence-corrected chi connectivity index (χ0v) is 15.5. The molecule has 1 heterocycles. The van der Waals surface area contributed by atoms with Crippen LogP contribution in [0.1, 0.15) is 22.2 Å². The van der Waals surface area contributed by atoms with Crippen LogP contribution in [0.3, 0.4) is 0 Å². The molecule has 0 saturated heterocycles. The molecule has 0 spiro atoms. The Balaban J connectivity index is 2.19. The van der Waals surface area contributed by atoms with Gasteiger partial charge in [0.25, 0.3) is 5.91 Å². The maximum atomic E-state index is 12.1. The molecule has 2 rings (SSSR count). The van der Waals surface area contributed by atoms with Gasteiger partial charge in [0, 0.05) is 8.95 Å². The third-order valence-electron chi connectivity index (χ3n) is 2.56. The summed E-state index contributed by atoms with van der Waals surface area (Å²) in [6.45, 7) is 2.10. The number of halogens is 3. The Morgan fingerprint density at radius 2 is 1.95 bits per heavy atom. The van der Waals surface area contributed by atoms with Gasteiger partial charge in [0.2, 0.25) is 0 Å². The van der Waals surface area contributed by atoms with Crippen LogP contribution in [0.25, 0.3) is 0 Å². The smallest absolute Gasteiger partial charge is 0.265 e. The van der Waals surface area contributed by atoms with Crippen LogP contribution in [0.2, 0.25) is 0 Å². The Morgan fingerprint density at radius 3 is 2.47 bits per heavy atom. The van der Waals surface area contributed by atoms with E-state index in [1.165, 1.54) is 16.9 Å². The minimum absolute atomic E-state index is 0.110. The fourth-order valence-corrected chi connectivity index (χ4v) is 3.98. The van der Waals surface area contributed by atoms with Crippen molar-refractivity contribution < 1.29 is 4.79 Å². The van der Waals surface area contributed by atoms with Crippen LogP contribution in [0.4, 0.5) is 5.69 Å². The molecule has 19 heavy (non-hydrogen) atoms. The van der Waals surface area contributed by atoms with Gasteiger partial charge in [-0.05, 0) is 78.0 Å². The van der Waals surface area contributed by atoms with Gasteiger partial charge in [-0.3, -0.25) is 4.79 Å². The average molecular weight is 468 g/mol. The van der Waals surface area contributed by atoms with Crippen molar-refractivity contribution in [2.24, 2.45) is 0 Å². The van der Waals surface area contributed by atoms with E-state index in [4.69, 9.17) is 0 Å². The molecule has 0 aliphatic carbocycles. The molecule has 0 radical (unpaired) electrons. The lowest BCUT2D eigenvalue weighted by Crippen LogP contribution is -2.10. The van der Waals surface area contributed by atoms with Crippen molar-refractivity contribution in [3.05, 3.63) is 47.4 Å². The van der Waals surface area contributed by atoms with Crippen molar-refractivity contribution in [2.45, 2.75) is 13.3 Å². The highest BCUT2D eigenvalue weighted by atomic mass is 79.9. The number of carbonyl (C=O) groups excluding carboxylic acids is 1. The number of rotatable bonds is 3. The SMILES string of the molecule is CCc1ccc(NC(=O)c2cc(Br)c(Br)s2)c(Br)c1. The summed E-state index contributed by atoms with van der Waals surface area (Å²) in [6.07, 6.45) is 0.970. The average Bonchev–Trinajstić information content (AvgIpc) is 2.72. The summed E-state index contributed by atoms with van der Waals surface area (Å²) in [5, 5.41) is 2.90. The summed E-state index contributed by atoms with van der Waals surface area (Å²) in [5.74, 6) is -0.110. The van der Waals surface area contributed by atoms with Crippen molar-refractivity contribution in [1.82, 2.24) is 0 Å². The summed E-state index contributed by atoms with van der Waals surface area (Å²) < 4.78 is 2.70. The number of aryl methyl sites for hydroxylation is 1. The number of hydrogen-bond donors (Lipinski definition) is 1. The first-order valence-corrected chi connectivity index (χ1v) is 8.75. The van der Waals surface area contributed by atoms with E-state index in [-0.39, 0.29) is 5.91 Å². The van der Waals surface area contributed by atoms with E-state index in [1.807, 2.05) is 18.2 Å². The first-order valence-electron chi connectivity index (χ1n) is 5.56. The summed E-state index contributed by atoms with van der Waals surface area (Å²) in [6, 6.07) is 7.76. The first kappa shape index (κ1) is 15.2. The van der Waals surface area contributed by atoms with Crippen LogP contribution in [0.5, 0.6) is 0 Å². The molecule has 0 atom stereocenters. The summed E-state index contributed by atoms with van der Waals surface area (Å²) in [5.41, 5.74) is 2.01. The van der Waals surface area contributed by atoms with Crippen LogP contribution in [-0.4, -0.2) is 5.91 Å². The van der Waals surface area contributed by atoms with Crippen molar-refractivity contribution in [3.63, 3.8) is 0 Å². The molecule has 2 nitrogen and oxygen atoms in total. The number of hydrogen-bond acceptors (Lipinski definition) is 2. The monoisotopic (exact) mass is 465 g/mol. The molecule has 1 aromatic carbocycles. The summed E-state index contributed by atoms with van der Waals surface area (Å²) in [4.78, 5) is 12.8. The minimum atomic E-state index is -0.110. The van der Waals surface area contributed by atoms with Gasteiger partial charge >= 0.3 is 0 Å². The molecule has 2 aromatic rings. The van der Waals surface area contributed by atoms with Crippen LogP contribution in [0, 0.1) is 0 Å². The predicted octanol–water partition coefficient (Wildman–Crippen LogP) is 5.85. The lowest BCUT2D eigenvalue weighted by Gasteiger charge is -2.07. The van der Waals surface area contributed by atoms with E-state index in [0.29, 0.717) is 4.88 Å². The third kappa shape index (κ3) is 3.68. The molecular weight excluding hydrogens is 458 g/mol. The van der Waals surface area contributed by atoms with Crippen molar-refractivity contribution >= 4 is 70.7 Å². The van der Waals surface area contributed by atoms with Crippen molar-refractivity contribution in [2.75, 3.05) is 5.32 Å². The Hall–Kier alpha value is -0.170. The van der Waals surface area contributed by atoms with E-state index >= 15 is 0 Å². The summed E-state index contributed by atoms with van der Waals surface area (Å²) >= 11 is 11.6. The largest absolute Gasteiger partial charge is 0.320 e. The Bertz CT molecular complexity index is 605. The number of carbonyl (C=O) groups is 1. The normalized spacial score (nSPS) is 10.5. The molecule has 0 aliphatic rings.